The van der Waals surface area contributed by atoms with E-state index in [9.17, 15) is 18.8 Å². The number of ether oxygens (including phenoxy) is 1. The third-order valence-electron chi connectivity index (χ3n) is 2.60. The Bertz CT molecular complexity index is 537. The Kier molecular flexibility index (Phi) is 8.65. The van der Waals surface area contributed by atoms with Crippen molar-refractivity contribution in [2.24, 2.45) is 11.1 Å². The summed E-state index contributed by atoms with van der Waals surface area (Å²) in [5.74, 6) is -4.11. The fourth-order valence-electron chi connectivity index (χ4n) is 1.62. The molecule has 0 rings (SSSR count). The maximum Gasteiger partial charge on any atom is 0.407 e. The van der Waals surface area contributed by atoms with Crippen molar-refractivity contribution in [3.63, 3.8) is 0 Å². The smallest absolute Gasteiger partial charge is 0.407 e. The van der Waals surface area contributed by atoms with Crippen molar-refractivity contribution in [2.75, 3.05) is 13.7 Å². The topological polar surface area (TPSA) is 114 Å². The number of halogens is 1. The Hall–Kier alpha value is -2.45. The molecule has 0 aliphatic rings. The van der Waals surface area contributed by atoms with Gasteiger partial charge in [-0.2, -0.15) is 0 Å². The first-order valence-electron chi connectivity index (χ1n) is 7.14. The maximum absolute atomic E-state index is 13.9. The van der Waals surface area contributed by atoms with E-state index in [0.29, 0.717) is 0 Å². The van der Waals surface area contributed by atoms with Gasteiger partial charge in [-0.1, -0.05) is 5.16 Å². The van der Waals surface area contributed by atoms with Crippen molar-refractivity contribution >= 4 is 23.6 Å². The van der Waals surface area contributed by atoms with Crippen LogP contribution in [0.4, 0.5) is 9.18 Å². The molecule has 0 spiro atoms. The molecule has 0 bridgehead atoms. The van der Waals surface area contributed by atoms with Crippen LogP contribution in [0.1, 0.15) is 34.1 Å². The number of hydrogen-bond donors (Lipinski definition) is 2. The van der Waals surface area contributed by atoms with Gasteiger partial charge in [0.1, 0.15) is 18.5 Å². The van der Waals surface area contributed by atoms with Crippen LogP contribution < -0.4 is 5.32 Å². The SMILES string of the molecule is CO/N=C(\C(=O)O)C(C/C(F)=C/CNC(=O)OC(C)(C)C)C(C)=O. The number of allylic oxidation sites excluding steroid dienone is 1. The van der Waals surface area contributed by atoms with Gasteiger partial charge in [0, 0.05) is 13.0 Å². The van der Waals surface area contributed by atoms with Crippen LogP contribution in [0, 0.1) is 5.92 Å². The van der Waals surface area contributed by atoms with Gasteiger partial charge in [0.2, 0.25) is 0 Å². The molecule has 2 N–H and O–H groups in total. The van der Waals surface area contributed by atoms with Crippen LogP contribution in [-0.2, 0) is 19.2 Å². The highest BCUT2D eigenvalue weighted by Gasteiger charge is 2.29. The van der Waals surface area contributed by atoms with Gasteiger partial charge in [-0.15, -0.1) is 0 Å². The highest BCUT2D eigenvalue weighted by Crippen LogP contribution is 2.17. The number of carbonyl (C=O) groups excluding carboxylic acids is 2. The monoisotopic (exact) mass is 346 g/mol. The van der Waals surface area contributed by atoms with E-state index in [2.05, 4.69) is 15.3 Å². The molecule has 0 aliphatic carbocycles. The predicted octanol–water partition coefficient (Wildman–Crippen LogP) is 2.05. The van der Waals surface area contributed by atoms with Gasteiger partial charge >= 0.3 is 12.1 Å². The molecule has 0 aliphatic heterocycles. The second-order valence-electron chi connectivity index (χ2n) is 5.87. The highest BCUT2D eigenvalue weighted by molar-refractivity contribution is 6.40. The first-order chi connectivity index (χ1) is 11.0. The lowest BCUT2D eigenvalue weighted by Crippen LogP contribution is -2.32. The standard InChI is InChI=1S/C15H23FN2O6/c1-9(19)11(12(13(20)21)18-23-5)8-10(16)6-7-17-14(22)24-15(2,3)4/h6,11H,7-8H2,1-5H3,(H,17,22)(H,20,21)/b10-6-,18-12-. The largest absolute Gasteiger partial charge is 0.477 e. The molecule has 1 amide bonds. The zero-order chi connectivity index (χ0) is 18.9. The number of ketones is 1. The minimum Gasteiger partial charge on any atom is -0.477 e. The summed E-state index contributed by atoms with van der Waals surface area (Å²) in [5.41, 5.74) is -1.27. The lowest BCUT2D eigenvalue weighted by atomic mass is 9.94. The van der Waals surface area contributed by atoms with Gasteiger partial charge in [0.15, 0.2) is 5.71 Å². The summed E-state index contributed by atoms with van der Waals surface area (Å²) < 4.78 is 18.9. The molecule has 0 aromatic carbocycles. The van der Waals surface area contributed by atoms with E-state index in [1.54, 1.807) is 20.8 Å². The summed E-state index contributed by atoms with van der Waals surface area (Å²) >= 11 is 0. The fraction of sp³-hybridized carbons (Fsp3) is 0.600. The second-order valence-corrected chi connectivity index (χ2v) is 5.87. The van der Waals surface area contributed by atoms with E-state index in [0.717, 1.165) is 20.1 Å². The predicted molar refractivity (Wildman–Crippen MR) is 84.3 cm³/mol. The van der Waals surface area contributed by atoms with Gasteiger partial charge in [-0.3, -0.25) is 4.79 Å². The van der Waals surface area contributed by atoms with Crippen LogP contribution >= 0.6 is 0 Å². The molecule has 0 radical (unpaired) electrons. The van der Waals surface area contributed by atoms with Crippen LogP contribution in [0.5, 0.6) is 0 Å². The number of Topliss-reactive ketones (excluding diaryl/α,β-unsaturated/α-hetero) is 1. The maximum atomic E-state index is 13.9. The van der Waals surface area contributed by atoms with Crippen LogP contribution in [-0.4, -0.2) is 47.9 Å². The molecule has 136 valence electrons. The van der Waals surface area contributed by atoms with Gasteiger partial charge < -0.3 is 20.0 Å². The fourth-order valence-corrected chi connectivity index (χ4v) is 1.62. The van der Waals surface area contributed by atoms with E-state index < -0.39 is 47.3 Å². The Morgan fingerprint density at radius 3 is 2.33 bits per heavy atom. The first kappa shape index (κ1) is 21.6. The lowest BCUT2D eigenvalue weighted by molar-refractivity contribution is -0.131. The molecule has 0 aromatic rings. The summed E-state index contributed by atoms with van der Waals surface area (Å²) in [6, 6.07) is 0. The molecular formula is C15H23FN2O6. The number of carboxylic acids is 1. The molecular weight excluding hydrogens is 323 g/mol. The van der Waals surface area contributed by atoms with Crippen LogP contribution in [0.2, 0.25) is 0 Å². The average Bonchev–Trinajstić information content (AvgIpc) is 2.40. The quantitative estimate of drug-likeness (QED) is 0.513. The van der Waals surface area contributed by atoms with Crippen molar-refractivity contribution in [1.29, 1.82) is 0 Å². The lowest BCUT2D eigenvalue weighted by Gasteiger charge is -2.19. The molecule has 8 nitrogen and oxygen atoms in total. The molecule has 1 atom stereocenters. The Labute approximate surface area is 139 Å². The second kappa shape index (κ2) is 9.64. The van der Waals surface area contributed by atoms with E-state index >= 15 is 0 Å². The zero-order valence-electron chi connectivity index (χ0n) is 14.4. The summed E-state index contributed by atoms with van der Waals surface area (Å²) in [4.78, 5) is 38.4. The normalized spacial score (nSPS) is 13.9. The minimum atomic E-state index is -1.48. The number of rotatable bonds is 8. The van der Waals surface area contributed by atoms with E-state index in [4.69, 9.17) is 9.84 Å². The van der Waals surface area contributed by atoms with Gasteiger partial charge in [-0.05, 0) is 33.8 Å². The van der Waals surface area contributed by atoms with Crippen molar-refractivity contribution in [2.45, 2.75) is 39.7 Å². The molecule has 0 saturated carbocycles. The molecule has 0 fully saturated rings. The van der Waals surface area contributed by atoms with E-state index in [1.807, 2.05) is 0 Å². The van der Waals surface area contributed by atoms with E-state index in [1.165, 1.54) is 0 Å². The van der Waals surface area contributed by atoms with Crippen molar-refractivity contribution < 1.29 is 33.5 Å². The molecule has 9 heteroatoms. The molecule has 0 heterocycles. The molecule has 0 aromatic heterocycles. The van der Waals surface area contributed by atoms with Crippen molar-refractivity contribution in [1.82, 2.24) is 5.32 Å². The van der Waals surface area contributed by atoms with Crippen LogP contribution in [0.25, 0.3) is 0 Å². The summed E-state index contributed by atoms with van der Waals surface area (Å²) in [6.07, 6.45) is -0.201. The van der Waals surface area contributed by atoms with Gasteiger partial charge in [0.25, 0.3) is 0 Å². The number of carbonyl (C=O) groups is 3. The van der Waals surface area contributed by atoms with Gasteiger partial charge in [-0.25, -0.2) is 14.0 Å². The van der Waals surface area contributed by atoms with Crippen molar-refractivity contribution in [3.05, 3.63) is 11.9 Å². The van der Waals surface area contributed by atoms with Crippen LogP contribution in [0.15, 0.2) is 17.1 Å². The number of nitrogens with one attached hydrogen (secondary N) is 1. The number of oxime groups is 1. The Balaban J connectivity index is 4.82. The third-order valence-corrected chi connectivity index (χ3v) is 2.60. The Morgan fingerprint density at radius 2 is 1.92 bits per heavy atom. The molecule has 1 unspecified atom stereocenters. The summed E-state index contributed by atoms with van der Waals surface area (Å²) in [6.45, 7) is 6.01. The zero-order valence-corrected chi connectivity index (χ0v) is 14.4. The van der Waals surface area contributed by atoms with E-state index in [-0.39, 0.29) is 6.54 Å². The number of amides is 1. The first-order valence-corrected chi connectivity index (χ1v) is 7.14. The van der Waals surface area contributed by atoms with Gasteiger partial charge in [0.05, 0.1) is 11.7 Å². The number of aliphatic carboxylic acids is 1. The number of hydrogen-bond acceptors (Lipinski definition) is 6. The molecule has 24 heavy (non-hydrogen) atoms. The third kappa shape index (κ3) is 8.86. The summed E-state index contributed by atoms with van der Waals surface area (Å²) in [7, 11) is 1.12. The number of carboxylic acid groups (broad SMARTS) is 1. The minimum absolute atomic E-state index is 0.171. The Morgan fingerprint density at radius 1 is 1.33 bits per heavy atom. The number of nitrogens with zero attached hydrogens (tertiary/aromatic N) is 1. The summed E-state index contributed by atoms with van der Waals surface area (Å²) in [5, 5.41) is 14.6. The highest BCUT2D eigenvalue weighted by atomic mass is 19.1. The van der Waals surface area contributed by atoms with Crippen LogP contribution in [0.3, 0.4) is 0 Å². The number of alkyl carbamates (subject to hydrolysis) is 1. The average molecular weight is 346 g/mol. The molecule has 0 saturated heterocycles. The van der Waals surface area contributed by atoms with Crippen molar-refractivity contribution in [3.8, 4) is 0 Å².